The summed E-state index contributed by atoms with van der Waals surface area (Å²) < 4.78 is 28.3. The summed E-state index contributed by atoms with van der Waals surface area (Å²) >= 11 is 4.62. The Hall–Kier alpha value is -1.05. The van der Waals surface area contributed by atoms with E-state index in [9.17, 15) is 8.42 Å². The first kappa shape index (κ1) is 16.3. The van der Waals surface area contributed by atoms with Crippen LogP contribution in [-0.4, -0.2) is 15.0 Å². The maximum Gasteiger partial charge on any atom is 0.273 e. The lowest BCUT2D eigenvalue weighted by Crippen LogP contribution is -2.31. The van der Waals surface area contributed by atoms with Crippen molar-refractivity contribution in [2.75, 3.05) is 16.6 Å². The number of hydrogen-bond acceptors (Lipinski definition) is 4. The van der Waals surface area contributed by atoms with Crippen LogP contribution in [0.2, 0.25) is 0 Å². The van der Waals surface area contributed by atoms with Gasteiger partial charge in [-0.3, -0.25) is 4.31 Å². The number of nitrogen functional groups attached to an aromatic ring is 1. The molecule has 1 aromatic heterocycles. The van der Waals surface area contributed by atoms with Gasteiger partial charge >= 0.3 is 0 Å². The van der Waals surface area contributed by atoms with E-state index in [0.29, 0.717) is 22.1 Å². The molecule has 0 saturated heterocycles. The highest BCUT2D eigenvalue weighted by Crippen LogP contribution is 2.34. The number of sulfonamides is 1. The van der Waals surface area contributed by atoms with Crippen LogP contribution in [0.4, 0.5) is 11.4 Å². The lowest BCUT2D eigenvalue weighted by molar-refractivity contribution is 0.592. The van der Waals surface area contributed by atoms with Gasteiger partial charge in [-0.05, 0) is 65.2 Å². The maximum atomic E-state index is 12.9. The molecule has 7 heteroatoms. The van der Waals surface area contributed by atoms with Gasteiger partial charge < -0.3 is 5.73 Å². The largest absolute Gasteiger partial charge is 0.399 e. The first-order valence-electron chi connectivity index (χ1n) is 6.50. The third kappa shape index (κ3) is 3.41. The van der Waals surface area contributed by atoms with Gasteiger partial charge in [0.25, 0.3) is 10.0 Å². The number of hydrogen-bond donors (Lipinski definition) is 1. The van der Waals surface area contributed by atoms with Gasteiger partial charge in [0, 0.05) is 12.2 Å². The number of benzene rings is 1. The van der Waals surface area contributed by atoms with Crippen molar-refractivity contribution in [3.8, 4) is 0 Å². The first-order chi connectivity index (χ1) is 9.86. The number of halogens is 1. The lowest BCUT2D eigenvalue weighted by atomic mass is 10.3. The van der Waals surface area contributed by atoms with Crippen molar-refractivity contribution in [3.63, 3.8) is 0 Å². The van der Waals surface area contributed by atoms with Crippen molar-refractivity contribution in [1.29, 1.82) is 0 Å². The highest BCUT2D eigenvalue weighted by Gasteiger charge is 2.26. The van der Waals surface area contributed by atoms with Crippen molar-refractivity contribution in [3.05, 3.63) is 39.7 Å². The van der Waals surface area contributed by atoms with Gasteiger partial charge in [0.15, 0.2) is 0 Å². The SMILES string of the molecule is CCCN(c1ccc(N)cc1)S(=O)(=O)c1cc(C)c(Br)s1. The summed E-state index contributed by atoms with van der Waals surface area (Å²) in [4.78, 5) is 0. The van der Waals surface area contributed by atoms with E-state index >= 15 is 0 Å². The molecule has 0 radical (unpaired) electrons. The second kappa shape index (κ2) is 6.37. The monoisotopic (exact) mass is 388 g/mol. The fraction of sp³-hybridized carbons (Fsp3) is 0.286. The molecule has 2 rings (SSSR count). The predicted octanol–water partition coefficient (Wildman–Crippen LogP) is 4.01. The van der Waals surface area contributed by atoms with Gasteiger partial charge in [0.1, 0.15) is 4.21 Å². The van der Waals surface area contributed by atoms with E-state index in [-0.39, 0.29) is 0 Å². The highest BCUT2D eigenvalue weighted by molar-refractivity contribution is 9.11. The van der Waals surface area contributed by atoms with Crippen molar-refractivity contribution in [1.82, 2.24) is 0 Å². The molecule has 0 atom stereocenters. The van der Waals surface area contributed by atoms with E-state index in [4.69, 9.17) is 5.73 Å². The Morgan fingerprint density at radius 1 is 1.29 bits per heavy atom. The van der Waals surface area contributed by atoms with Crippen LogP contribution >= 0.6 is 27.3 Å². The summed E-state index contributed by atoms with van der Waals surface area (Å²) in [6.45, 7) is 4.27. The summed E-state index contributed by atoms with van der Waals surface area (Å²) in [6.07, 6.45) is 0.731. The zero-order valence-electron chi connectivity index (χ0n) is 11.8. The fourth-order valence-electron chi connectivity index (χ4n) is 1.90. The highest BCUT2D eigenvalue weighted by atomic mass is 79.9. The summed E-state index contributed by atoms with van der Waals surface area (Å²) in [5.74, 6) is 0. The quantitative estimate of drug-likeness (QED) is 0.786. The summed E-state index contributed by atoms with van der Waals surface area (Å²) in [5, 5.41) is 0. The van der Waals surface area contributed by atoms with Gasteiger partial charge in [-0.25, -0.2) is 8.42 Å². The zero-order chi connectivity index (χ0) is 15.6. The molecule has 114 valence electrons. The molecule has 0 aliphatic heterocycles. The van der Waals surface area contributed by atoms with E-state index in [0.717, 1.165) is 15.8 Å². The van der Waals surface area contributed by atoms with Crippen LogP contribution in [0.5, 0.6) is 0 Å². The molecule has 2 aromatic rings. The Morgan fingerprint density at radius 3 is 2.38 bits per heavy atom. The molecule has 1 aromatic carbocycles. The minimum atomic E-state index is -3.55. The lowest BCUT2D eigenvalue weighted by Gasteiger charge is -2.23. The van der Waals surface area contributed by atoms with Crippen molar-refractivity contribution >= 4 is 48.7 Å². The molecule has 0 amide bonds. The van der Waals surface area contributed by atoms with Crippen LogP contribution < -0.4 is 10.0 Å². The van der Waals surface area contributed by atoms with Crippen LogP contribution in [0, 0.1) is 6.92 Å². The molecule has 2 N–H and O–H groups in total. The molecule has 0 fully saturated rings. The second-order valence-electron chi connectivity index (χ2n) is 4.69. The van der Waals surface area contributed by atoms with E-state index in [1.54, 1.807) is 30.3 Å². The Balaban J connectivity index is 2.48. The Kier molecular flexibility index (Phi) is 4.95. The van der Waals surface area contributed by atoms with Crippen LogP contribution in [0.25, 0.3) is 0 Å². The molecule has 4 nitrogen and oxygen atoms in total. The van der Waals surface area contributed by atoms with Crippen molar-refractivity contribution < 1.29 is 8.42 Å². The molecule has 0 saturated carbocycles. The van der Waals surface area contributed by atoms with Crippen molar-refractivity contribution in [2.45, 2.75) is 24.5 Å². The maximum absolute atomic E-state index is 12.9. The zero-order valence-corrected chi connectivity index (χ0v) is 15.1. The Morgan fingerprint density at radius 2 is 1.90 bits per heavy atom. The predicted molar refractivity (Wildman–Crippen MR) is 92.4 cm³/mol. The molecule has 0 spiro atoms. The molecule has 0 unspecified atom stereocenters. The average molecular weight is 389 g/mol. The molecule has 0 bridgehead atoms. The van der Waals surface area contributed by atoms with Crippen LogP contribution in [0.15, 0.2) is 38.3 Å². The Labute approximate surface area is 137 Å². The standard InChI is InChI=1S/C14H17BrN2O2S2/c1-3-8-17(12-6-4-11(16)5-7-12)21(18,19)13-9-10(2)14(15)20-13/h4-7,9H,3,8,16H2,1-2H3. The van der Waals surface area contributed by atoms with Gasteiger partial charge in [-0.2, -0.15) is 0 Å². The first-order valence-corrected chi connectivity index (χ1v) is 9.55. The van der Waals surface area contributed by atoms with E-state index in [2.05, 4.69) is 15.9 Å². The summed E-state index contributed by atoms with van der Waals surface area (Å²) in [7, 11) is -3.55. The topological polar surface area (TPSA) is 63.4 Å². The minimum Gasteiger partial charge on any atom is -0.399 e. The van der Waals surface area contributed by atoms with E-state index in [1.807, 2.05) is 13.8 Å². The summed E-state index contributed by atoms with van der Waals surface area (Å²) in [5.41, 5.74) is 7.84. The van der Waals surface area contributed by atoms with Gasteiger partial charge in [-0.15, -0.1) is 11.3 Å². The number of thiophene rings is 1. The van der Waals surface area contributed by atoms with E-state index in [1.165, 1.54) is 15.6 Å². The van der Waals surface area contributed by atoms with E-state index < -0.39 is 10.0 Å². The summed E-state index contributed by atoms with van der Waals surface area (Å²) in [6, 6.07) is 8.59. The molecule has 1 heterocycles. The number of anilines is 2. The molecule has 0 aliphatic rings. The third-order valence-electron chi connectivity index (χ3n) is 2.99. The van der Waals surface area contributed by atoms with Crippen molar-refractivity contribution in [2.24, 2.45) is 0 Å². The molecular formula is C14H17BrN2O2S2. The number of nitrogens with zero attached hydrogens (tertiary/aromatic N) is 1. The molecular weight excluding hydrogens is 372 g/mol. The number of nitrogens with two attached hydrogens (primary N) is 1. The van der Waals surface area contributed by atoms with Crippen LogP contribution in [0.3, 0.4) is 0 Å². The molecule has 21 heavy (non-hydrogen) atoms. The second-order valence-corrected chi connectivity index (χ2v) is 9.15. The molecule has 0 aliphatic carbocycles. The Bertz CT molecular complexity index is 704. The smallest absolute Gasteiger partial charge is 0.273 e. The van der Waals surface area contributed by atoms with Crippen LogP contribution in [-0.2, 0) is 10.0 Å². The fourth-order valence-corrected chi connectivity index (χ4v) is 5.80. The minimum absolute atomic E-state index is 0.345. The van der Waals surface area contributed by atoms with Gasteiger partial charge in [0.2, 0.25) is 0 Å². The van der Waals surface area contributed by atoms with Gasteiger partial charge in [0.05, 0.1) is 9.47 Å². The number of aryl methyl sites for hydroxylation is 1. The normalized spacial score (nSPS) is 11.6. The van der Waals surface area contributed by atoms with Crippen LogP contribution in [0.1, 0.15) is 18.9 Å². The third-order valence-corrected chi connectivity index (χ3v) is 7.40. The average Bonchev–Trinajstić information content (AvgIpc) is 2.78. The van der Waals surface area contributed by atoms with Gasteiger partial charge in [-0.1, -0.05) is 6.92 Å². The number of rotatable bonds is 5.